The van der Waals surface area contributed by atoms with Crippen molar-refractivity contribution >= 4 is 11.9 Å². The Balaban J connectivity index is 2.41. The Labute approximate surface area is 121 Å². The van der Waals surface area contributed by atoms with Crippen LogP contribution in [0.25, 0.3) is 0 Å². The van der Waals surface area contributed by atoms with Crippen molar-refractivity contribution in [2.24, 2.45) is 0 Å². The van der Waals surface area contributed by atoms with E-state index in [0.717, 1.165) is 0 Å². The van der Waals surface area contributed by atoms with Gasteiger partial charge in [0.2, 0.25) is 5.60 Å². The Hall–Kier alpha value is -2.34. The van der Waals surface area contributed by atoms with E-state index in [4.69, 9.17) is 14.2 Å². The van der Waals surface area contributed by atoms with Crippen molar-refractivity contribution in [1.82, 2.24) is 0 Å². The number of aliphatic hydroxyl groups is 1. The Kier molecular flexibility index (Phi) is 4.28. The van der Waals surface area contributed by atoms with Crippen molar-refractivity contribution in [2.45, 2.75) is 18.6 Å². The lowest BCUT2D eigenvalue weighted by molar-refractivity contribution is -0.181. The van der Waals surface area contributed by atoms with Gasteiger partial charge in [-0.25, -0.2) is 9.59 Å². The standard InChI is InChI=1S/C15H16O6/c1-3-20-14(17)15(18,12-8-9-13(16)21-12)10-4-6-11(19-2)7-5-10/h4-9,12,18H,3H2,1-2H3/t12-,15-/m0/s1. The molecular weight excluding hydrogens is 276 g/mol. The van der Waals surface area contributed by atoms with E-state index >= 15 is 0 Å². The number of carbonyl (C=O) groups is 2. The van der Waals surface area contributed by atoms with Gasteiger partial charge in [0.15, 0.2) is 6.10 Å². The first-order valence-electron chi connectivity index (χ1n) is 6.45. The number of carbonyl (C=O) groups excluding carboxylic acids is 2. The molecule has 1 aromatic rings. The summed E-state index contributed by atoms with van der Waals surface area (Å²) in [5.74, 6) is -0.917. The molecule has 0 bridgehead atoms. The number of benzene rings is 1. The second-order valence-corrected chi connectivity index (χ2v) is 4.43. The van der Waals surface area contributed by atoms with Crippen LogP contribution in [0.1, 0.15) is 12.5 Å². The fourth-order valence-electron chi connectivity index (χ4n) is 2.08. The summed E-state index contributed by atoms with van der Waals surface area (Å²) in [6.45, 7) is 1.73. The lowest BCUT2D eigenvalue weighted by atomic mass is 9.88. The minimum atomic E-state index is -2.09. The van der Waals surface area contributed by atoms with E-state index in [1.165, 1.54) is 31.4 Å². The second-order valence-electron chi connectivity index (χ2n) is 4.43. The molecule has 0 radical (unpaired) electrons. The highest BCUT2D eigenvalue weighted by Gasteiger charge is 2.50. The van der Waals surface area contributed by atoms with Crippen molar-refractivity contribution < 1.29 is 28.9 Å². The van der Waals surface area contributed by atoms with Crippen molar-refractivity contribution in [3.8, 4) is 5.75 Å². The summed E-state index contributed by atoms with van der Waals surface area (Å²) in [6, 6.07) is 6.24. The summed E-state index contributed by atoms with van der Waals surface area (Å²) in [4.78, 5) is 23.4. The van der Waals surface area contributed by atoms with Crippen LogP contribution in [0.4, 0.5) is 0 Å². The van der Waals surface area contributed by atoms with Crippen molar-refractivity contribution in [3.05, 3.63) is 42.0 Å². The van der Waals surface area contributed by atoms with Crippen LogP contribution in [0.2, 0.25) is 0 Å². The molecule has 0 spiro atoms. The second kappa shape index (κ2) is 5.97. The van der Waals surface area contributed by atoms with Gasteiger partial charge >= 0.3 is 11.9 Å². The molecule has 0 saturated carbocycles. The largest absolute Gasteiger partial charge is 0.497 e. The molecule has 0 aliphatic carbocycles. The number of hydrogen-bond donors (Lipinski definition) is 1. The first-order chi connectivity index (χ1) is 10.0. The number of ether oxygens (including phenoxy) is 3. The quantitative estimate of drug-likeness (QED) is 0.813. The van der Waals surface area contributed by atoms with Gasteiger partial charge in [-0.1, -0.05) is 12.1 Å². The number of hydrogen-bond acceptors (Lipinski definition) is 6. The number of rotatable bonds is 5. The number of cyclic esters (lactones) is 1. The van der Waals surface area contributed by atoms with Gasteiger partial charge in [0.05, 0.1) is 13.7 Å². The van der Waals surface area contributed by atoms with Crippen LogP contribution in [-0.2, 0) is 24.7 Å². The van der Waals surface area contributed by atoms with Gasteiger partial charge in [0.25, 0.3) is 0 Å². The highest BCUT2D eigenvalue weighted by atomic mass is 16.6. The minimum Gasteiger partial charge on any atom is -0.497 e. The van der Waals surface area contributed by atoms with Gasteiger partial charge in [0, 0.05) is 6.08 Å². The zero-order chi connectivity index (χ0) is 15.5. The summed E-state index contributed by atoms with van der Waals surface area (Å²) in [5.41, 5.74) is -1.84. The number of esters is 2. The summed E-state index contributed by atoms with van der Waals surface area (Å²) >= 11 is 0. The van der Waals surface area contributed by atoms with Gasteiger partial charge in [-0.2, -0.15) is 0 Å². The smallest absolute Gasteiger partial charge is 0.347 e. The molecule has 6 heteroatoms. The van der Waals surface area contributed by atoms with E-state index < -0.39 is 23.6 Å². The third kappa shape index (κ3) is 2.75. The molecule has 6 nitrogen and oxygen atoms in total. The third-order valence-corrected chi connectivity index (χ3v) is 3.18. The van der Waals surface area contributed by atoms with Gasteiger partial charge < -0.3 is 19.3 Å². The molecule has 0 aromatic heterocycles. The van der Waals surface area contributed by atoms with E-state index in [-0.39, 0.29) is 12.2 Å². The highest BCUT2D eigenvalue weighted by Crippen LogP contribution is 2.33. The summed E-state index contributed by atoms with van der Waals surface area (Å²) in [5, 5.41) is 10.8. The summed E-state index contributed by atoms with van der Waals surface area (Å²) in [7, 11) is 1.51. The van der Waals surface area contributed by atoms with Crippen LogP contribution < -0.4 is 4.74 Å². The minimum absolute atomic E-state index is 0.0989. The first-order valence-corrected chi connectivity index (χ1v) is 6.45. The van der Waals surface area contributed by atoms with Crippen molar-refractivity contribution in [3.63, 3.8) is 0 Å². The average molecular weight is 292 g/mol. The van der Waals surface area contributed by atoms with Crippen molar-refractivity contribution in [1.29, 1.82) is 0 Å². The van der Waals surface area contributed by atoms with E-state index in [9.17, 15) is 14.7 Å². The fourth-order valence-corrected chi connectivity index (χ4v) is 2.08. The lowest BCUT2D eigenvalue weighted by Gasteiger charge is -2.30. The van der Waals surface area contributed by atoms with Crippen LogP contribution in [0.15, 0.2) is 36.4 Å². The monoisotopic (exact) mass is 292 g/mol. The first kappa shape index (κ1) is 15.1. The van der Waals surface area contributed by atoms with Crippen LogP contribution in [-0.4, -0.2) is 36.9 Å². The number of methoxy groups -OCH3 is 1. The van der Waals surface area contributed by atoms with Crippen LogP contribution >= 0.6 is 0 Å². The average Bonchev–Trinajstić information content (AvgIpc) is 2.93. The Bertz CT molecular complexity index is 562. The predicted molar refractivity (Wildman–Crippen MR) is 72.5 cm³/mol. The normalized spacial score (nSPS) is 19.8. The maximum absolute atomic E-state index is 12.2. The third-order valence-electron chi connectivity index (χ3n) is 3.18. The van der Waals surface area contributed by atoms with E-state index in [2.05, 4.69) is 0 Å². The molecule has 0 amide bonds. The maximum Gasteiger partial charge on any atom is 0.347 e. The lowest BCUT2D eigenvalue weighted by Crippen LogP contribution is -2.47. The summed E-state index contributed by atoms with van der Waals surface area (Å²) in [6.07, 6.45) is 1.37. The molecule has 2 atom stereocenters. The molecule has 1 heterocycles. The molecular formula is C15H16O6. The van der Waals surface area contributed by atoms with Gasteiger partial charge in [-0.15, -0.1) is 0 Å². The van der Waals surface area contributed by atoms with Gasteiger partial charge in [0.1, 0.15) is 5.75 Å². The van der Waals surface area contributed by atoms with E-state index in [1.54, 1.807) is 19.1 Å². The topological polar surface area (TPSA) is 82.1 Å². The van der Waals surface area contributed by atoms with Crippen molar-refractivity contribution in [2.75, 3.05) is 13.7 Å². The van der Waals surface area contributed by atoms with Crippen LogP contribution in [0.3, 0.4) is 0 Å². The van der Waals surface area contributed by atoms with Crippen LogP contribution in [0, 0.1) is 0 Å². The van der Waals surface area contributed by atoms with E-state index in [1.807, 2.05) is 0 Å². The van der Waals surface area contributed by atoms with Gasteiger partial charge in [-0.05, 0) is 30.7 Å². The zero-order valence-electron chi connectivity index (χ0n) is 11.7. The maximum atomic E-state index is 12.2. The molecule has 21 heavy (non-hydrogen) atoms. The molecule has 1 aliphatic heterocycles. The van der Waals surface area contributed by atoms with Gasteiger partial charge in [-0.3, -0.25) is 0 Å². The molecule has 1 aromatic carbocycles. The summed E-state index contributed by atoms with van der Waals surface area (Å²) < 4.78 is 14.9. The Morgan fingerprint density at radius 1 is 1.38 bits per heavy atom. The highest BCUT2D eigenvalue weighted by molar-refractivity contribution is 5.88. The molecule has 1 N–H and O–H groups in total. The molecule has 1 aliphatic rings. The molecule has 112 valence electrons. The Morgan fingerprint density at radius 2 is 2.05 bits per heavy atom. The molecule has 2 rings (SSSR count). The molecule has 0 fully saturated rings. The Morgan fingerprint density at radius 3 is 2.52 bits per heavy atom. The fraction of sp³-hybridized carbons (Fsp3) is 0.333. The van der Waals surface area contributed by atoms with Crippen LogP contribution in [0.5, 0.6) is 5.75 Å². The van der Waals surface area contributed by atoms with E-state index in [0.29, 0.717) is 5.75 Å². The SMILES string of the molecule is CCOC(=O)[C@](O)(c1ccc(OC)cc1)[C@@H]1C=CC(=O)O1. The molecule has 0 unspecified atom stereocenters. The zero-order valence-corrected chi connectivity index (χ0v) is 11.7. The molecule has 0 saturated heterocycles. The predicted octanol–water partition coefficient (Wildman–Crippen LogP) is 0.927.